The lowest BCUT2D eigenvalue weighted by Gasteiger charge is -2.35. The molecule has 1 saturated heterocycles. The van der Waals surface area contributed by atoms with E-state index in [1.165, 1.54) is 0 Å². The van der Waals surface area contributed by atoms with E-state index in [0.717, 1.165) is 4.31 Å². The summed E-state index contributed by atoms with van der Waals surface area (Å²) >= 11 is 0. The van der Waals surface area contributed by atoms with Gasteiger partial charge in [0.2, 0.25) is 0 Å². The van der Waals surface area contributed by atoms with E-state index in [1.54, 1.807) is 6.92 Å². The minimum absolute atomic E-state index is 0.0743. The molecule has 1 aromatic rings. The lowest BCUT2D eigenvalue weighted by atomic mass is 10.0. The van der Waals surface area contributed by atoms with Crippen LogP contribution in [0.15, 0.2) is 4.52 Å². The van der Waals surface area contributed by atoms with Crippen LogP contribution in [0.4, 0.5) is 3.89 Å². The van der Waals surface area contributed by atoms with Gasteiger partial charge in [0, 0.05) is 25.6 Å². The zero-order valence-electron chi connectivity index (χ0n) is 11.2. The van der Waals surface area contributed by atoms with E-state index < -0.39 is 10.4 Å². The van der Waals surface area contributed by atoms with Crippen LogP contribution in [-0.2, 0) is 16.8 Å². The monoisotopic (exact) mass is 305 g/mol. The fourth-order valence-electron chi connectivity index (χ4n) is 2.11. The van der Waals surface area contributed by atoms with Crippen molar-refractivity contribution in [3.05, 3.63) is 17.0 Å². The van der Waals surface area contributed by atoms with Crippen molar-refractivity contribution in [1.29, 1.82) is 0 Å². The molecule has 0 aromatic carbocycles. The van der Waals surface area contributed by atoms with Crippen LogP contribution >= 0.6 is 0 Å². The molecule has 1 fully saturated rings. The maximum absolute atomic E-state index is 12.6. The Morgan fingerprint density at radius 1 is 1.55 bits per heavy atom. The largest absolute Gasteiger partial charge is 0.374 e. The van der Waals surface area contributed by atoms with Crippen LogP contribution < -0.4 is 5.32 Å². The maximum atomic E-state index is 12.6. The summed E-state index contributed by atoms with van der Waals surface area (Å²) in [6.45, 7) is 3.98. The normalized spacial score (nSPS) is 16.9. The van der Waals surface area contributed by atoms with E-state index in [-0.39, 0.29) is 24.9 Å². The van der Waals surface area contributed by atoms with Gasteiger partial charge in [-0.05, 0) is 13.3 Å². The van der Waals surface area contributed by atoms with Crippen LogP contribution in [0.3, 0.4) is 0 Å². The number of carbonyl (C=O) groups excluding carboxylic acids is 1. The average Bonchev–Trinajstić information content (AvgIpc) is 2.66. The number of aryl methyl sites for hydroxylation is 2. The number of amides is 1. The zero-order chi connectivity index (χ0) is 14.9. The molecule has 1 aromatic heterocycles. The second-order valence-corrected chi connectivity index (χ2v) is 6.09. The van der Waals surface area contributed by atoms with E-state index in [0.29, 0.717) is 30.0 Å². The van der Waals surface area contributed by atoms with Crippen molar-refractivity contribution in [2.24, 2.45) is 5.92 Å². The van der Waals surface area contributed by atoms with E-state index in [4.69, 9.17) is 4.52 Å². The molecule has 0 spiro atoms. The molecule has 0 radical (unpaired) electrons. The molecule has 1 N–H and O–H groups in total. The van der Waals surface area contributed by atoms with Gasteiger partial charge in [-0.15, -0.1) is 0 Å². The highest BCUT2D eigenvalue weighted by molar-refractivity contribution is 7.84. The first-order valence-corrected chi connectivity index (χ1v) is 7.60. The molecular formula is C11H16FN3O4S. The van der Waals surface area contributed by atoms with Crippen molar-refractivity contribution in [3.8, 4) is 0 Å². The molecular weight excluding hydrogens is 289 g/mol. The van der Waals surface area contributed by atoms with Crippen LogP contribution in [0.25, 0.3) is 0 Å². The number of hydrogen-bond donors (Lipinski definition) is 1. The molecule has 2 heterocycles. The highest BCUT2D eigenvalue weighted by Crippen LogP contribution is 2.20. The van der Waals surface area contributed by atoms with Crippen molar-refractivity contribution in [1.82, 2.24) is 14.8 Å². The second kappa shape index (κ2) is 5.49. The number of rotatable bonds is 5. The lowest BCUT2D eigenvalue weighted by molar-refractivity contribution is 0.0926. The highest BCUT2D eigenvalue weighted by Gasteiger charge is 2.36. The highest BCUT2D eigenvalue weighted by atomic mass is 32.3. The van der Waals surface area contributed by atoms with Crippen LogP contribution in [0.2, 0.25) is 0 Å². The smallest absolute Gasteiger partial charge is 0.361 e. The van der Waals surface area contributed by atoms with Crippen molar-refractivity contribution >= 4 is 16.3 Å². The topological polar surface area (TPSA) is 92.5 Å². The number of carbonyl (C=O) groups is 1. The number of halogens is 1. The molecule has 0 bridgehead atoms. The van der Waals surface area contributed by atoms with Crippen molar-refractivity contribution < 1.29 is 21.6 Å². The van der Waals surface area contributed by atoms with Gasteiger partial charge < -0.3 is 9.84 Å². The van der Waals surface area contributed by atoms with Crippen LogP contribution in [0, 0.1) is 12.8 Å². The number of nitrogens with one attached hydrogen (secondary N) is 1. The third kappa shape index (κ3) is 2.98. The van der Waals surface area contributed by atoms with E-state index in [9.17, 15) is 17.1 Å². The fourth-order valence-corrected chi connectivity index (χ4v) is 2.88. The summed E-state index contributed by atoms with van der Waals surface area (Å²) in [4.78, 5) is 12.0. The molecule has 9 heteroatoms. The van der Waals surface area contributed by atoms with Crippen molar-refractivity contribution in [2.45, 2.75) is 20.3 Å². The first-order valence-electron chi connectivity index (χ1n) is 6.26. The first-order chi connectivity index (χ1) is 9.32. The van der Waals surface area contributed by atoms with Crippen LogP contribution in [0.1, 0.15) is 28.7 Å². The van der Waals surface area contributed by atoms with Crippen molar-refractivity contribution in [2.75, 3.05) is 19.6 Å². The Balaban J connectivity index is 1.87. The molecule has 0 unspecified atom stereocenters. The summed E-state index contributed by atoms with van der Waals surface area (Å²) in [5.41, 5.74) is 1.00. The van der Waals surface area contributed by atoms with E-state index >= 15 is 0 Å². The SMILES string of the molecule is CCc1noc(C)c1C(=O)NCC1CN(S(=O)(=O)F)C1. The Kier molecular flexibility index (Phi) is 4.09. The van der Waals surface area contributed by atoms with Gasteiger partial charge in [0.1, 0.15) is 11.3 Å². The molecule has 1 aliphatic heterocycles. The van der Waals surface area contributed by atoms with E-state index in [1.807, 2.05) is 6.92 Å². The number of aromatic nitrogens is 1. The third-order valence-electron chi connectivity index (χ3n) is 3.28. The fraction of sp³-hybridized carbons (Fsp3) is 0.636. The van der Waals surface area contributed by atoms with Gasteiger partial charge >= 0.3 is 10.4 Å². The third-order valence-corrected chi connectivity index (χ3v) is 4.19. The second-order valence-electron chi connectivity index (χ2n) is 4.75. The molecule has 1 amide bonds. The van der Waals surface area contributed by atoms with Gasteiger partial charge in [-0.3, -0.25) is 4.79 Å². The Morgan fingerprint density at radius 3 is 2.75 bits per heavy atom. The summed E-state index contributed by atoms with van der Waals surface area (Å²) in [6.07, 6.45) is 0.581. The van der Waals surface area contributed by atoms with Crippen LogP contribution in [0.5, 0.6) is 0 Å². The Bertz CT molecular complexity index is 607. The van der Waals surface area contributed by atoms with E-state index in [2.05, 4.69) is 10.5 Å². The molecule has 1 aliphatic rings. The number of nitrogens with zero attached hydrogens (tertiary/aromatic N) is 2. The minimum atomic E-state index is -4.60. The summed E-state index contributed by atoms with van der Waals surface area (Å²) < 4.78 is 39.4. The molecule has 112 valence electrons. The molecule has 20 heavy (non-hydrogen) atoms. The molecule has 0 atom stereocenters. The molecule has 7 nitrogen and oxygen atoms in total. The van der Waals surface area contributed by atoms with Gasteiger partial charge in [-0.2, -0.15) is 12.7 Å². The molecule has 2 rings (SSSR count). The quantitative estimate of drug-likeness (QED) is 0.796. The Morgan fingerprint density at radius 2 is 2.20 bits per heavy atom. The van der Waals surface area contributed by atoms with Gasteiger partial charge in [-0.25, -0.2) is 0 Å². The van der Waals surface area contributed by atoms with Crippen molar-refractivity contribution in [3.63, 3.8) is 0 Å². The van der Waals surface area contributed by atoms with Crippen LogP contribution in [-0.4, -0.2) is 43.4 Å². The summed E-state index contributed by atoms with van der Waals surface area (Å²) in [6, 6.07) is 0. The molecule has 0 aliphatic carbocycles. The lowest BCUT2D eigenvalue weighted by Crippen LogP contribution is -2.52. The average molecular weight is 305 g/mol. The van der Waals surface area contributed by atoms with Gasteiger partial charge in [0.15, 0.2) is 0 Å². The predicted molar refractivity (Wildman–Crippen MR) is 68.0 cm³/mol. The number of hydrogen-bond acceptors (Lipinski definition) is 5. The molecule has 0 saturated carbocycles. The Hall–Kier alpha value is -1.48. The summed E-state index contributed by atoms with van der Waals surface area (Å²) in [5, 5.41) is 6.48. The standard InChI is InChI=1S/C11H16FN3O4S/c1-3-9-10(7(2)19-14-9)11(16)13-4-8-5-15(6-8)20(12,17)18/h8H,3-6H2,1-2H3,(H,13,16). The predicted octanol–water partition coefficient (Wildman–Crippen LogP) is 0.421. The van der Waals surface area contributed by atoms with Gasteiger partial charge in [-0.1, -0.05) is 16.0 Å². The van der Waals surface area contributed by atoms with Gasteiger partial charge in [0.05, 0.1) is 5.69 Å². The minimum Gasteiger partial charge on any atom is -0.361 e. The van der Waals surface area contributed by atoms with Gasteiger partial charge in [0.25, 0.3) is 5.91 Å². The Labute approximate surface area is 116 Å². The zero-order valence-corrected chi connectivity index (χ0v) is 12.0. The summed E-state index contributed by atoms with van der Waals surface area (Å²) in [7, 11) is -4.60. The summed E-state index contributed by atoms with van der Waals surface area (Å²) in [5.74, 6) is 0.0674. The maximum Gasteiger partial charge on any atom is 0.374 e. The first kappa shape index (κ1) is 14.9.